The van der Waals surface area contributed by atoms with Crippen LogP contribution < -0.4 is 9.77 Å². The Morgan fingerprint density at radius 3 is 2.27 bits per heavy atom. The third kappa shape index (κ3) is 2.24. The Balaban J connectivity index is 2.35. The fourth-order valence-electron chi connectivity index (χ4n) is 1.21. The van der Waals surface area contributed by atoms with Gasteiger partial charge in [0.05, 0.1) is 0 Å². The maximum atomic E-state index is 10.9. The van der Waals surface area contributed by atoms with Gasteiger partial charge in [-0.15, -0.1) is 0 Å². The van der Waals surface area contributed by atoms with Crippen LogP contribution in [0.4, 0.5) is 5.69 Å². The van der Waals surface area contributed by atoms with Crippen LogP contribution in [0.15, 0.2) is 29.1 Å². The molecule has 0 atom stereocenters. The van der Waals surface area contributed by atoms with Gasteiger partial charge in [-0.3, -0.25) is 4.79 Å². The van der Waals surface area contributed by atoms with Crippen molar-refractivity contribution in [2.45, 2.75) is 0 Å². The predicted molar refractivity (Wildman–Crippen MR) is 66.0 cm³/mol. The summed E-state index contributed by atoms with van der Waals surface area (Å²) in [7, 11) is 6.59. The van der Waals surface area contributed by atoms with Crippen LogP contribution in [0.1, 0.15) is 0 Å². The van der Waals surface area contributed by atoms with Crippen molar-refractivity contribution in [3.63, 3.8) is 0 Å². The molecule has 0 bridgehead atoms. The highest BCUT2D eigenvalue weighted by Gasteiger charge is 2.03. The van der Waals surface area contributed by atoms with E-state index in [2.05, 4.69) is 4.98 Å². The number of nitrogens with zero attached hydrogens (tertiary/aromatic N) is 2. The highest BCUT2D eigenvalue weighted by molar-refractivity contribution is 7.69. The first-order valence-electron chi connectivity index (χ1n) is 4.42. The molecule has 1 aromatic heterocycles. The summed E-state index contributed by atoms with van der Waals surface area (Å²) in [6, 6.07) is 8.01. The summed E-state index contributed by atoms with van der Waals surface area (Å²) in [5.41, 5.74) is 2.14. The lowest BCUT2D eigenvalue weighted by molar-refractivity contribution is 1.13. The Labute approximate surface area is 95.0 Å². The van der Waals surface area contributed by atoms with Gasteiger partial charge in [-0.05, 0) is 34.6 Å². The molecule has 0 aliphatic carbocycles. The van der Waals surface area contributed by atoms with E-state index in [-0.39, 0.29) is 4.87 Å². The molecule has 0 amide bonds. The van der Waals surface area contributed by atoms with Crippen molar-refractivity contribution in [1.82, 2.24) is 4.98 Å². The molecular formula is C10H10N2OS2. The molecule has 2 rings (SSSR count). The van der Waals surface area contributed by atoms with Crippen LogP contribution in [0.5, 0.6) is 0 Å². The van der Waals surface area contributed by atoms with Crippen LogP contribution in [-0.4, -0.2) is 19.1 Å². The molecule has 5 heteroatoms. The van der Waals surface area contributed by atoms with E-state index < -0.39 is 0 Å². The lowest BCUT2D eigenvalue weighted by Crippen LogP contribution is -2.07. The molecule has 1 aromatic carbocycles. The van der Waals surface area contributed by atoms with E-state index >= 15 is 0 Å². The summed E-state index contributed by atoms with van der Waals surface area (Å²) in [4.78, 5) is 16.8. The molecule has 15 heavy (non-hydrogen) atoms. The van der Waals surface area contributed by atoms with Gasteiger partial charge < -0.3 is 4.90 Å². The van der Waals surface area contributed by atoms with Crippen LogP contribution in [0.2, 0.25) is 0 Å². The Morgan fingerprint density at radius 1 is 1.13 bits per heavy atom. The molecule has 78 valence electrons. The fourth-order valence-corrected chi connectivity index (χ4v) is 2.86. The van der Waals surface area contributed by atoms with Crippen molar-refractivity contribution in [1.29, 1.82) is 0 Å². The monoisotopic (exact) mass is 238 g/mol. The molecule has 0 saturated heterocycles. The van der Waals surface area contributed by atoms with Gasteiger partial charge in [0.15, 0.2) is 0 Å². The summed E-state index contributed by atoms with van der Waals surface area (Å²) in [5.74, 6) is 0. The minimum Gasteiger partial charge on any atom is -0.378 e. The maximum absolute atomic E-state index is 10.9. The lowest BCUT2D eigenvalue weighted by Gasteiger charge is -2.11. The number of anilines is 1. The Morgan fingerprint density at radius 2 is 1.80 bits per heavy atom. The molecular weight excluding hydrogens is 228 g/mol. The van der Waals surface area contributed by atoms with Crippen LogP contribution in [-0.2, 0) is 0 Å². The quantitative estimate of drug-likeness (QED) is 0.753. The highest BCUT2D eigenvalue weighted by atomic mass is 32.9. The molecule has 0 spiro atoms. The molecule has 0 aliphatic heterocycles. The van der Waals surface area contributed by atoms with Gasteiger partial charge in [-0.2, -0.15) is 4.98 Å². The van der Waals surface area contributed by atoms with E-state index in [1.165, 1.54) is 20.7 Å². The zero-order chi connectivity index (χ0) is 10.8. The zero-order valence-electron chi connectivity index (χ0n) is 8.43. The van der Waals surface area contributed by atoms with Gasteiger partial charge >= 0.3 is 4.87 Å². The number of hydrogen-bond donors (Lipinski definition) is 0. The predicted octanol–water partition coefficient (Wildman–Crippen LogP) is 2.30. The summed E-state index contributed by atoms with van der Waals surface area (Å²) < 4.78 is 0. The van der Waals surface area contributed by atoms with Gasteiger partial charge in [0.1, 0.15) is 5.01 Å². The second kappa shape index (κ2) is 4.12. The SMILES string of the molecule is CN(C)c1ccc(-c2nc(=O)ss2)cc1. The summed E-state index contributed by atoms with van der Waals surface area (Å²) in [6.07, 6.45) is 0. The molecule has 2 aromatic rings. The van der Waals surface area contributed by atoms with E-state index in [1.54, 1.807) is 0 Å². The van der Waals surface area contributed by atoms with Crippen LogP contribution in [0.25, 0.3) is 10.6 Å². The van der Waals surface area contributed by atoms with Crippen molar-refractivity contribution in [3.05, 3.63) is 33.9 Å². The average Bonchev–Trinajstić information content (AvgIpc) is 2.65. The van der Waals surface area contributed by atoms with E-state index in [1.807, 2.05) is 43.3 Å². The average molecular weight is 238 g/mol. The topological polar surface area (TPSA) is 33.2 Å². The normalized spacial score (nSPS) is 10.3. The van der Waals surface area contributed by atoms with Crippen LogP contribution in [0.3, 0.4) is 0 Å². The first kappa shape index (κ1) is 10.3. The Hall–Kier alpha value is -1.20. The Kier molecular flexibility index (Phi) is 2.83. The Bertz CT molecular complexity index is 499. The van der Waals surface area contributed by atoms with Gasteiger partial charge in [0.25, 0.3) is 0 Å². The fraction of sp³-hybridized carbons (Fsp3) is 0.200. The van der Waals surface area contributed by atoms with E-state index in [0.29, 0.717) is 0 Å². The van der Waals surface area contributed by atoms with Gasteiger partial charge in [-0.1, -0.05) is 10.3 Å². The van der Waals surface area contributed by atoms with Crippen molar-refractivity contribution in [3.8, 4) is 10.6 Å². The van der Waals surface area contributed by atoms with Crippen molar-refractivity contribution >= 4 is 26.4 Å². The summed E-state index contributed by atoms with van der Waals surface area (Å²) in [5, 5.41) is 0.801. The molecule has 0 saturated carbocycles. The molecule has 0 N–H and O–H groups in total. The largest absolute Gasteiger partial charge is 0.378 e. The number of benzene rings is 1. The number of rotatable bonds is 2. The second-order valence-electron chi connectivity index (χ2n) is 3.29. The second-order valence-corrected chi connectivity index (χ2v) is 5.36. The molecule has 0 aliphatic rings. The third-order valence-corrected chi connectivity index (χ3v) is 3.97. The summed E-state index contributed by atoms with van der Waals surface area (Å²) >= 11 is 0. The van der Waals surface area contributed by atoms with Gasteiger partial charge in [0, 0.05) is 25.3 Å². The highest BCUT2D eigenvalue weighted by Crippen LogP contribution is 2.24. The smallest absolute Gasteiger partial charge is 0.337 e. The number of hydrogen-bond acceptors (Lipinski definition) is 5. The molecule has 0 fully saturated rings. The first-order valence-corrected chi connectivity index (χ1v) is 6.57. The molecule has 0 unspecified atom stereocenters. The molecule has 3 nitrogen and oxygen atoms in total. The van der Waals surface area contributed by atoms with E-state index in [4.69, 9.17) is 0 Å². The maximum Gasteiger partial charge on any atom is 0.337 e. The van der Waals surface area contributed by atoms with Crippen molar-refractivity contribution in [2.75, 3.05) is 19.0 Å². The van der Waals surface area contributed by atoms with E-state index in [0.717, 1.165) is 16.3 Å². The van der Waals surface area contributed by atoms with Crippen molar-refractivity contribution < 1.29 is 0 Å². The molecule has 1 heterocycles. The minimum absolute atomic E-state index is 0.119. The van der Waals surface area contributed by atoms with Crippen molar-refractivity contribution in [2.24, 2.45) is 0 Å². The standard InChI is InChI=1S/C10H10N2OS2/c1-12(2)8-5-3-7(4-6-8)9-11-10(13)15-14-9/h3-6H,1-2H3. The first-order chi connectivity index (χ1) is 7.16. The van der Waals surface area contributed by atoms with Gasteiger partial charge in [-0.25, -0.2) is 0 Å². The molecule has 0 radical (unpaired) electrons. The van der Waals surface area contributed by atoms with Crippen LogP contribution in [0, 0.1) is 0 Å². The minimum atomic E-state index is -0.119. The lowest BCUT2D eigenvalue weighted by atomic mass is 10.2. The zero-order valence-corrected chi connectivity index (χ0v) is 10.1. The van der Waals surface area contributed by atoms with E-state index in [9.17, 15) is 4.79 Å². The van der Waals surface area contributed by atoms with Crippen LogP contribution >= 0.6 is 20.7 Å². The summed E-state index contributed by atoms with van der Waals surface area (Å²) in [6.45, 7) is 0. The van der Waals surface area contributed by atoms with Gasteiger partial charge in [0.2, 0.25) is 0 Å². The third-order valence-electron chi connectivity index (χ3n) is 2.02. The number of aromatic nitrogens is 1.